The molecule has 3 atom stereocenters. The normalized spacial score (nSPS) is 27.9. The second kappa shape index (κ2) is 4.90. The molecule has 1 aromatic rings. The first-order valence-electron chi connectivity index (χ1n) is 6.36. The van der Waals surface area contributed by atoms with Crippen molar-refractivity contribution in [1.29, 1.82) is 0 Å². The summed E-state index contributed by atoms with van der Waals surface area (Å²) >= 11 is 11.8. The van der Waals surface area contributed by atoms with Crippen LogP contribution in [0.4, 0.5) is 0 Å². The number of pyridine rings is 1. The summed E-state index contributed by atoms with van der Waals surface area (Å²) < 4.78 is 0. The molecule has 0 saturated carbocycles. The Balaban J connectivity index is 1.92. The Morgan fingerprint density at radius 1 is 1.30 bits per heavy atom. The van der Waals surface area contributed by atoms with Crippen molar-refractivity contribution in [2.75, 3.05) is 0 Å². The molecule has 7 heteroatoms. The maximum absolute atomic E-state index is 12.6. The number of aliphatic carboxylic acids is 1. The van der Waals surface area contributed by atoms with Crippen LogP contribution in [-0.4, -0.2) is 39.0 Å². The van der Waals surface area contributed by atoms with E-state index >= 15 is 0 Å². The molecule has 0 spiro atoms. The molecule has 106 valence electrons. The van der Waals surface area contributed by atoms with Crippen LogP contribution >= 0.6 is 23.2 Å². The fourth-order valence-corrected chi connectivity index (χ4v) is 3.59. The summed E-state index contributed by atoms with van der Waals surface area (Å²) in [5, 5.41) is 9.63. The zero-order chi connectivity index (χ0) is 14.4. The minimum Gasteiger partial charge on any atom is -0.481 e. The summed E-state index contributed by atoms with van der Waals surface area (Å²) in [6, 6.07) is 2.74. The Hall–Kier alpha value is -1.33. The minimum atomic E-state index is -0.847. The second-order valence-electron chi connectivity index (χ2n) is 5.16. The number of hydrogen-bond donors (Lipinski definition) is 1. The molecule has 1 aromatic heterocycles. The Morgan fingerprint density at radius 3 is 2.70 bits per heavy atom. The van der Waals surface area contributed by atoms with Crippen molar-refractivity contribution in [2.45, 2.75) is 31.3 Å². The first-order chi connectivity index (χ1) is 9.49. The number of amides is 1. The molecule has 20 heavy (non-hydrogen) atoms. The topological polar surface area (TPSA) is 70.5 Å². The fraction of sp³-hybridized carbons (Fsp3) is 0.462. The van der Waals surface area contributed by atoms with Gasteiger partial charge in [-0.05, 0) is 31.4 Å². The lowest BCUT2D eigenvalue weighted by atomic mass is 9.89. The van der Waals surface area contributed by atoms with E-state index in [9.17, 15) is 14.7 Å². The molecule has 2 fully saturated rings. The summed E-state index contributed by atoms with van der Waals surface area (Å²) in [6.45, 7) is 0. The van der Waals surface area contributed by atoms with Crippen molar-refractivity contribution in [3.05, 3.63) is 28.0 Å². The Kier molecular flexibility index (Phi) is 3.34. The summed E-state index contributed by atoms with van der Waals surface area (Å²) in [6.07, 6.45) is 2.05. The number of nitrogens with zero attached hydrogens (tertiary/aromatic N) is 2. The van der Waals surface area contributed by atoms with Crippen LogP contribution in [0.25, 0.3) is 0 Å². The molecule has 3 rings (SSSR count). The monoisotopic (exact) mass is 314 g/mol. The smallest absolute Gasteiger partial charge is 0.308 e. The predicted molar refractivity (Wildman–Crippen MR) is 73.0 cm³/mol. The molecule has 3 unspecified atom stereocenters. The van der Waals surface area contributed by atoms with Gasteiger partial charge in [0.05, 0.1) is 10.9 Å². The maximum atomic E-state index is 12.6. The highest BCUT2D eigenvalue weighted by molar-refractivity contribution is 6.34. The van der Waals surface area contributed by atoms with Crippen LogP contribution in [0.3, 0.4) is 0 Å². The lowest BCUT2D eigenvalue weighted by molar-refractivity contribution is -0.142. The number of carboxylic acid groups (broad SMARTS) is 1. The molecule has 2 aliphatic rings. The van der Waals surface area contributed by atoms with E-state index < -0.39 is 11.9 Å². The van der Waals surface area contributed by atoms with Gasteiger partial charge in [-0.2, -0.15) is 0 Å². The van der Waals surface area contributed by atoms with Gasteiger partial charge in [0.1, 0.15) is 10.8 Å². The molecule has 0 radical (unpaired) electrons. The van der Waals surface area contributed by atoms with Gasteiger partial charge in [0.15, 0.2) is 0 Å². The number of fused-ring (bicyclic) bond motifs is 2. The van der Waals surface area contributed by atoms with Gasteiger partial charge in [-0.3, -0.25) is 9.59 Å². The van der Waals surface area contributed by atoms with Gasteiger partial charge >= 0.3 is 5.97 Å². The Bertz CT molecular complexity index is 593. The van der Waals surface area contributed by atoms with E-state index in [1.54, 1.807) is 4.90 Å². The van der Waals surface area contributed by atoms with Crippen molar-refractivity contribution in [1.82, 2.24) is 9.88 Å². The van der Waals surface area contributed by atoms with Crippen molar-refractivity contribution in [3.63, 3.8) is 0 Å². The zero-order valence-electron chi connectivity index (χ0n) is 10.4. The average molecular weight is 315 g/mol. The highest BCUT2D eigenvalue weighted by Gasteiger charge is 2.51. The molecule has 2 aliphatic heterocycles. The number of hydrogen-bond acceptors (Lipinski definition) is 3. The van der Waals surface area contributed by atoms with E-state index in [0.717, 1.165) is 6.42 Å². The van der Waals surface area contributed by atoms with Crippen LogP contribution < -0.4 is 0 Å². The maximum Gasteiger partial charge on any atom is 0.308 e. The third-order valence-electron chi connectivity index (χ3n) is 4.10. The van der Waals surface area contributed by atoms with E-state index in [-0.39, 0.29) is 33.9 Å². The first-order valence-corrected chi connectivity index (χ1v) is 7.12. The molecule has 0 aromatic carbocycles. The lowest BCUT2D eigenvalue weighted by Crippen LogP contribution is -2.38. The zero-order valence-corrected chi connectivity index (χ0v) is 11.9. The van der Waals surface area contributed by atoms with Crippen LogP contribution in [-0.2, 0) is 4.79 Å². The molecular formula is C13H12Cl2N2O3. The van der Waals surface area contributed by atoms with Gasteiger partial charge in [0.25, 0.3) is 5.91 Å². The molecule has 1 N–H and O–H groups in total. The quantitative estimate of drug-likeness (QED) is 0.851. The van der Waals surface area contributed by atoms with Gasteiger partial charge in [-0.25, -0.2) is 4.98 Å². The van der Waals surface area contributed by atoms with E-state index in [1.165, 1.54) is 12.1 Å². The highest BCUT2D eigenvalue weighted by Crippen LogP contribution is 2.42. The van der Waals surface area contributed by atoms with Crippen LogP contribution in [0.15, 0.2) is 12.1 Å². The summed E-state index contributed by atoms with van der Waals surface area (Å²) in [5.41, 5.74) is 0.0992. The summed E-state index contributed by atoms with van der Waals surface area (Å²) in [5.74, 6) is -1.66. The molecular weight excluding hydrogens is 303 g/mol. The standard InChI is InChI=1S/C13H12Cl2N2O3/c14-8-2-4-10(15)16-11(8)12(18)17-6-1-3-9(17)7(5-6)13(19)20/h2,4,6-7,9H,1,3,5H2,(H,19,20). The van der Waals surface area contributed by atoms with Gasteiger partial charge in [-0.1, -0.05) is 23.2 Å². The van der Waals surface area contributed by atoms with E-state index in [0.29, 0.717) is 12.8 Å². The summed E-state index contributed by atoms with van der Waals surface area (Å²) in [7, 11) is 0. The van der Waals surface area contributed by atoms with E-state index in [2.05, 4.69) is 4.98 Å². The Morgan fingerprint density at radius 2 is 2.05 bits per heavy atom. The van der Waals surface area contributed by atoms with Crippen LogP contribution in [0.1, 0.15) is 29.8 Å². The largest absolute Gasteiger partial charge is 0.481 e. The second-order valence-corrected chi connectivity index (χ2v) is 5.95. The van der Waals surface area contributed by atoms with Crippen molar-refractivity contribution >= 4 is 35.1 Å². The third kappa shape index (κ3) is 2.05. The molecule has 2 saturated heterocycles. The van der Waals surface area contributed by atoms with Gasteiger partial charge in [-0.15, -0.1) is 0 Å². The average Bonchev–Trinajstić information content (AvgIpc) is 2.98. The van der Waals surface area contributed by atoms with Crippen LogP contribution in [0, 0.1) is 5.92 Å². The number of carbonyl (C=O) groups is 2. The van der Waals surface area contributed by atoms with Gasteiger partial charge in [0.2, 0.25) is 0 Å². The number of aromatic nitrogens is 1. The van der Waals surface area contributed by atoms with Crippen molar-refractivity contribution < 1.29 is 14.7 Å². The van der Waals surface area contributed by atoms with Crippen LogP contribution in [0.2, 0.25) is 10.2 Å². The highest BCUT2D eigenvalue weighted by atomic mass is 35.5. The van der Waals surface area contributed by atoms with E-state index in [4.69, 9.17) is 23.2 Å². The molecule has 3 heterocycles. The van der Waals surface area contributed by atoms with Crippen molar-refractivity contribution in [3.8, 4) is 0 Å². The Labute approximate surface area is 125 Å². The molecule has 5 nitrogen and oxygen atoms in total. The number of halogens is 2. The molecule has 0 aliphatic carbocycles. The minimum absolute atomic E-state index is 0.0366. The SMILES string of the molecule is O=C(O)C1CC2CCC1N2C(=O)c1nc(Cl)ccc1Cl. The number of carbonyl (C=O) groups excluding carboxylic acids is 1. The molecule has 1 amide bonds. The first kappa shape index (κ1) is 13.6. The van der Waals surface area contributed by atoms with Crippen molar-refractivity contribution in [2.24, 2.45) is 5.92 Å². The number of carboxylic acids is 1. The van der Waals surface area contributed by atoms with Crippen LogP contribution in [0.5, 0.6) is 0 Å². The number of rotatable bonds is 2. The third-order valence-corrected chi connectivity index (χ3v) is 4.62. The summed E-state index contributed by atoms with van der Waals surface area (Å²) in [4.78, 5) is 29.4. The van der Waals surface area contributed by atoms with E-state index in [1.807, 2.05) is 0 Å². The fourth-order valence-electron chi connectivity index (χ4n) is 3.26. The van der Waals surface area contributed by atoms with Gasteiger partial charge in [0, 0.05) is 12.1 Å². The lowest BCUT2D eigenvalue weighted by Gasteiger charge is -2.23. The molecule has 2 bridgehead atoms. The predicted octanol–water partition coefficient (Wildman–Crippen LogP) is 2.47. The van der Waals surface area contributed by atoms with Gasteiger partial charge < -0.3 is 10.0 Å².